The van der Waals surface area contributed by atoms with Crippen molar-refractivity contribution in [1.82, 2.24) is 0 Å². The number of halogens is 1. The normalized spacial score (nSPS) is 21.2. The van der Waals surface area contributed by atoms with E-state index in [-0.39, 0.29) is 38.7 Å². The molecule has 30 heavy (non-hydrogen) atoms. The lowest BCUT2D eigenvalue weighted by molar-refractivity contribution is -0.119. The largest absolute Gasteiger partial charge is 0.294 e. The Bertz CT molecular complexity index is 1180. The van der Waals surface area contributed by atoms with E-state index < -0.39 is 15.6 Å². The summed E-state index contributed by atoms with van der Waals surface area (Å²) in [6.07, 6.45) is 3.55. The Hall–Kier alpha value is -1.89. The fourth-order valence-electron chi connectivity index (χ4n) is 4.12. The second kappa shape index (κ2) is 7.98. The minimum absolute atomic E-state index is 0.0424. The Morgan fingerprint density at radius 1 is 1.07 bits per heavy atom. The molecule has 2 aliphatic carbocycles. The van der Waals surface area contributed by atoms with E-state index in [0.29, 0.717) is 0 Å². The van der Waals surface area contributed by atoms with E-state index in [2.05, 4.69) is 0 Å². The summed E-state index contributed by atoms with van der Waals surface area (Å²) in [5, 5.41) is 0.0424. The summed E-state index contributed by atoms with van der Waals surface area (Å²) in [5.74, 6) is -0.472. The van der Waals surface area contributed by atoms with Gasteiger partial charge in [0.2, 0.25) is 0 Å². The topological polar surface area (TPSA) is 68.3 Å². The van der Waals surface area contributed by atoms with Crippen molar-refractivity contribution in [3.8, 4) is 0 Å². The van der Waals surface area contributed by atoms with E-state index in [4.69, 9.17) is 11.6 Å². The highest BCUT2D eigenvalue weighted by Gasteiger charge is 2.43. The van der Waals surface area contributed by atoms with Crippen LogP contribution in [0.3, 0.4) is 0 Å². The van der Waals surface area contributed by atoms with Crippen LogP contribution in [0, 0.1) is 18.8 Å². The predicted molar refractivity (Wildman–Crippen MR) is 119 cm³/mol. The maximum Gasteiger partial charge on any atom is 0.198 e. The highest BCUT2D eigenvalue weighted by atomic mass is 35.5. The van der Waals surface area contributed by atoms with Gasteiger partial charge in [-0.25, -0.2) is 8.42 Å². The third-order valence-corrected chi connectivity index (χ3v) is 8.44. The van der Waals surface area contributed by atoms with E-state index in [1.807, 2.05) is 31.2 Å². The van der Waals surface area contributed by atoms with Crippen molar-refractivity contribution in [2.24, 2.45) is 11.8 Å². The molecule has 4 rings (SSSR count). The predicted octanol–water partition coefficient (Wildman–Crippen LogP) is 5.28. The fourth-order valence-corrected chi connectivity index (χ4v) is 6.30. The van der Waals surface area contributed by atoms with Crippen molar-refractivity contribution in [3.63, 3.8) is 0 Å². The summed E-state index contributed by atoms with van der Waals surface area (Å²) >= 11 is 7.76. The molecule has 0 aromatic heterocycles. The number of fused-ring (bicyclic) bond motifs is 2. The first kappa shape index (κ1) is 21.3. The Labute approximate surface area is 185 Å². The molecule has 1 saturated carbocycles. The molecule has 0 amide bonds. The van der Waals surface area contributed by atoms with Gasteiger partial charge in [0.25, 0.3) is 0 Å². The molecule has 0 aliphatic heterocycles. The molecular weight excluding hydrogens is 440 g/mol. The molecule has 0 heterocycles. The van der Waals surface area contributed by atoms with Gasteiger partial charge in [0.1, 0.15) is 0 Å². The van der Waals surface area contributed by atoms with Crippen LogP contribution < -0.4 is 0 Å². The SMILES string of the molecule is Cc1ccc(SC2=C(C(=O)c3ccc(S(C)(=O)=O)cc3Cl)C(=O)C3CCC2C3)cc1. The van der Waals surface area contributed by atoms with E-state index in [9.17, 15) is 18.0 Å². The van der Waals surface area contributed by atoms with E-state index in [1.165, 1.54) is 30.0 Å². The van der Waals surface area contributed by atoms with Gasteiger partial charge in [0.15, 0.2) is 21.4 Å². The lowest BCUT2D eigenvalue weighted by atomic mass is 9.84. The summed E-state index contributed by atoms with van der Waals surface area (Å²) in [6, 6.07) is 12.1. The van der Waals surface area contributed by atoms with Crippen LogP contribution in [-0.2, 0) is 14.6 Å². The third-order valence-electron chi connectivity index (χ3n) is 5.76. The zero-order valence-corrected chi connectivity index (χ0v) is 19.0. The zero-order chi connectivity index (χ0) is 21.6. The average molecular weight is 461 g/mol. The molecule has 2 aromatic rings. The lowest BCUT2D eigenvalue weighted by Crippen LogP contribution is -2.26. The molecule has 0 N–H and O–H groups in total. The second-order valence-electron chi connectivity index (χ2n) is 7.97. The summed E-state index contributed by atoms with van der Waals surface area (Å²) in [5.41, 5.74) is 1.52. The van der Waals surface area contributed by atoms with Gasteiger partial charge in [-0.15, -0.1) is 0 Å². The number of aryl methyl sites for hydroxylation is 1. The molecule has 2 aliphatic rings. The lowest BCUT2D eigenvalue weighted by Gasteiger charge is -2.24. The molecule has 2 aromatic carbocycles. The Balaban J connectivity index is 1.79. The van der Waals surface area contributed by atoms with Gasteiger partial charge in [0.05, 0.1) is 15.5 Å². The molecule has 7 heteroatoms. The number of carbonyl (C=O) groups excluding carboxylic acids is 2. The quantitative estimate of drug-likeness (QED) is 0.448. The van der Waals surface area contributed by atoms with Crippen molar-refractivity contribution in [2.45, 2.75) is 36.0 Å². The molecule has 0 spiro atoms. The first-order chi connectivity index (χ1) is 14.1. The molecule has 2 unspecified atom stereocenters. The number of allylic oxidation sites excluding steroid dienone is 2. The number of ketones is 2. The van der Waals surface area contributed by atoms with Crippen LogP contribution in [0.25, 0.3) is 0 Å². The first-order valence-electron chi connectivity index (χ1n) is 9.72. The van der Waals surface area contributed by atoms with Crippen LogP contribution in [0.1, 0.15) is 35.2 Å². The number of hydrogen-bond acceptors (Lipinski definition) is 5. The summed E-state index contributed by atoms with van der Waals surface area (Å²) < 4.78 is 23.6. The van der Waals surface area contributed by atoms with E-state index in [0.717, 1.165) is 40.9 Å². The number of benzene rings is 2. The van der Waals surface area contributed by atoms with Gasteiger partial charge in [0, 0.05) is 27.5 Å². The summed E-state index contributed by atoms with van der Waals surface area (Å²) in [6.45, 7) is 2.01. The minimum atomic E-state index is -3.44. The molecular formula is C23H21ClO4S2. The van der Waals surface area contributed by atoms with Gasteiger partial charge in [-0.2, -0.15) is 0 Å². The van der Waals surface area contributed by atoms with E-state index in [1.54, 1.807) is 0 Å². The van der Waals surface area contributed by atoms with Crippen molar-refractivity contribution >= 4 is 44.8 Å². The molecule has 4 nitrogen and oxygen atoms in total. The maximum absolute atomic E-state index is 13.4. The first-order valence-corrected chi connectivity index (χ1v) is 12.8. The van der Waals surface area contributed by atoms with Crippen LogP contribution in [0.4, 0.5) is 0 Å². The van der Waals surface area contributed by atoms with Gasteiger partial charge >= 0.3 is 0 Å². The Morgan fingerprint density at radius 2 is 1.73 bits per heavy atom. The second-order valence-corrected chi connectivity index (χ2v) is 11.5. The van der Waals surface area contributed by atoms with Crippen LogP contribution in [-0.4, -0.2) is 26.2 Å². The monoisotopic (exact) mass is 460 g/mol. The molecule has 2 bridgehead atoms. The number of thioether (sulfide) groups is 1. The van der Waals surface area contributed by atoms with Crippen molar-refractivity contribution < 1.29 is 18.0 Å². The number of Topliss-reactive ketones (excluding diaryl/α,β-unsaturated/α-hetero) is 2. The average Bonchev–Trinajstić information content (AvgIpc) is 3.13. The number of hydrogen-bond donors (Lipinski definition) is 0. The molecule has 1 fully saturated rings. The minimum Gasteiger partial charge on any atom is -0.294 e. The van der Waals surface area contributed by atoms with Gasteiger partial charge in [-0.3, -0.25) is 9.59 Å². The number of carbonyl (C=O) groups is 2. The number of sulfone groups is 1. The Kier molecular flexibility index (Phi) is 5.68. The van der Waals surface area contributed by atoms with Crippen molar-refractivity contribution in [2.75, 3.05) is 6.26 Å². The maximum atomic E-state index is 13.4. The van der Waals surface area contributed by atoms with Crippen LogP contribution >= 0.6 is 23.4 Å². The highest BCUT2D eigenvalue weighted by Crippen LogP contribution is 2.50. The smallest absolute Gasteiger partial charge is 0.198 e. The highest BCUT2D eigenvalue weighted by molar-refractivity contribution is 8.03. The molecule has 0 saturated heterocycles. The van der Waals surface area contributed by atoms with Crippen molar-refractivity contribution in [1.29, 1.82) is 0 Å². The molecule has 2 atom stereocenters. The van der Waals surface area contributed by atoms with Crippen LogP contribution in [0.2, 0.25) is 5.02 Å². The number of rotatable bonds is 5. The van der Waals surface area contributed by atoms with E-state index >= 15 is 0 Å². The van der Waals surface area contributed by atoms with Crippen LogP contribution in [0.5, 0.6) is 0 Å². The van der Waals surface area contributed by atoms with Crippen molar-refractivity contribution in [3.05, 3.63) is 69.1 Å². The zero-order valence-electron chi connectivity index (χ0n) is 16.6. The summed E-state index contributed by atoms with van der Waals surface area (Å²) in [7, 11) is -3.44. The third kappa shape index (κ3) is 4.01. The van der Waals surface area contributed by atoms with Gasteiger partial charge in [-0.05, 0) is 62.4 Å². The van der Waals surface area contributed by atoms with Crippen LogP contribution in [0.15, 0.2) is 62.7 Å². The van der Waals surface area contributed by atoms with Gasteiger partial charge in [-0.1, -0.05) is 41.1 Å². The molecule has 0 radical (unpaired) electrons. The Morgan fingerprint density at radius 3 is 2.37 bits per heavy atom. The molecule has 156 valence electrons. The summed E-state index contributed by atoms with van der Waals surface area (Å²) in [4.78, 5) is 28.4. The van der Waals surface area contributed by atoms with Gasteiger partial charge < -0.3 is 0 Å². The standard InChI is InChI=1S/C23H21ClO4S2/c1-13-3-7-16(8-4-13)29-23-15-6-5-14(11-15)21(25)20(23)22(26)18-10-9-17(12-19(18)24)30(2,27)28/h3-4,7-10,12,14-15H,5-6,11H2,1-2H3. The fraction of sp³-hybridized carbons (Fsp3) is 0.304.